The van der Waals surface area contributed by atoms with Crippen molar-refractivity contribution in [3.05, 3.63) is 69.6 Å². The van der Waals surface area contributed by atoms with Gasteiger partial charge in [0, 0.05) is 60.1 Å². The highest BCUT2D eigenvalue weighted by Crippen LogP contribution is 2.36. The zero-order valence-electron chi connectivity index (χ0n) is 18.3. The van der Waals surface area contributed by atoms with E-state index in [0.717, 1.165) is 28.2 Å². The lowest BCUT2D eigenvalue weighted by Crippen LogP contribution is -2.50. The summed E-state index contributed by atoms with van der Waals surface area (Å²) < 4.78 is 0. The fourth-order valence-electron chi connectivity index (χ4n) is 3.99. The van der Waals surface area contributed by atoms with Crippen molar-refractivity contribution in [3.8, 4) is 22.5 Å². The van der Waals surface area contributed by atoms with E-state index in [1.807, 2.05) is 36.1 Å². The predicted molar refractivity (Wildman–Crippen MR) is 136 cm³/mol. The number of pyridine rings is 1. The van der Waals surface area contributed by atoms with Crippen LogP contribution in [0.4, 0.5) is 5.82 Å². The number of nitrogens with zero attached hydrogens (tertiary/aromatic N) is 5. The minimum atomic E-state index is -0.0129. The van der Waals surface area contributed by atoms with Gasteiger partial charge in [0.15, 0.2) is 0 Å². The molecule has 1 amide bonds. The average Bonchev–Trinajstić information content (AvgIpc) is 3.39. The molecule has 34 heavy (non-hydrogen) atoms. The molecule has 2 aliphatic rings. The van der Waals surface area contributed by atoms with Crippen molar-refractivity contribution in [1.29, 1.82) is 0 Å². The highest BCUT2D eigenvalue weighted by molar-refractivity contribution is 8.00. The van der Waals surface area contributed by atoms with E-state index in [9.17, 15) is 4.79 Å². The van der Waals surface area contributed by atoms with Gasteiger partial charge in [0.25, 0.3) is 5.91 Å². The van der Waals surface area contributed by atoms with E-state index in [1.54, 1.807) is 24.0 Å². The molecule has 174 valence electrons. The number of hydrazine groups is 1. The van der Waals surface area contributed by atoms with Gasteiger partial charge in [-0.2, -0.15) is 4.83 Å². The van der Waals surface area contributed by atoms with Crippen LogP contribution in [0.5, 0.6) is 0 Å². The van der Waals surface area contributed by atoms with Crippen LogP contribution in [0.3, 0.4) is 0 Å². The highest BCUT2D eigenvalue weighted by atomic mass is 35.5. The second kappa shape index (κ2) is 9.79. The van der Waals surface area contributed by atoms with Gasteiger partial charge in [0.05, 0.1) is 16.9 Å². The minimum Gasteiger partial charge on any atom is -0.352 e. The minimum absolute atomic E-state index is 0.0129. The summed E-state index contributed by atoms with van der Waals surface area (Å²) in [7, 11) is 0. The van der Waals surface area contributed by atoms with Crippen molar-refractivity contribution in [1.82, 2.24) is 30.1 Å². The molecular weight excluding hydrogens is 493 g/mol. The van der Waals surface area contributed by atoms with E-state index < -0.39 is 0 Å². The van der Waals surface area contributed by atoms with Crippen LogP contribution in [0, 0.1) is 6.92 Å². The molecule has 2 N–H and O–H groups in total. The molecule has 0 saturated carbocycles. The number of piperazine rings is 1. The topological polar surface area (TPSA) is 86.3 Å². The summed E-state index contributed by atoms with van der Waals surface area (Å²) in [5, 5.41) is 2.95. The number of aromatic nitrogens is 3. The fourth-order valence-corrected chi connectivity index (χ4v) is 4.93. The number of carbonyl (C=O) groups is 1. The molecule has 5 rings (SSSR count). The largest absolute Gasteiger partial charge is 0.352 e. The van der Waals surface area contributed by atoms with Crippen LogP contribution in [0.25, 0.3) is 22.5 Å². The molecule has 2 aliphatic heterocycles. The molecule has 0 unspecified atom stereocenters. The second-order valence-electron chi connectivity index (χ2n) is 7.90. The molecule has 0 aliphatic carbocycles. The first-order chi connectivity index (χ1) is 16.5. The Labute approximate surface area is 211 Å². The number of benzene rings is 1. The SMILES string of the molecule is Cc1cc(Cl)ccc1-c1ncc(N2CCN(C(=O)C3=CSNN3)CC2)nc1-c1ccncc1Cl. The second-order valence-corrected chi connectivity index (χ2v) is 9.42. The van der Waals surface area contributed by atoms with E-state index in [4.69, 9.17) is 33.2 Å². The van der Waals surface area contributed by atoms with Gasteiger partial charge in [-0.3, -0.25) is 14.8 Å². The first-order valence-corrected chi connectivity index (χ1v) is 12.3. The maximum atomic E-state index is 12.6. The zero-order valence-corrected chi connectivity index (χ0v) is 20.6. The third kappa shape index (κ3) is 4.56. The number of anilines is 1. The van der Waals surface area contributed by atoms with Crippen molar-refractivity contribution in [2.24, 2.45) is 0 Å². The summed E-state index contributed by atoms with van der Waals surface area (Å²) in [6.45, 7) is 4.48. The van der Waals surface area contributed by atoms with Crippen molar-refractivity contribution >= 4 is 46.9 Å². The summed E-state index contributed by atoms with van der Waals surface area (Å²) in [6, 6.07) is 7.54. The molecule has 3 aromatic rings. The number of halogens is 2. The van der Waals surface area contributed by atoms with Crippen LogP contribution in [0.1, 0.15) is 5.56 Å². The van der Waals surface area contributed by atoms with Gasteiger partial charge in [-0.1, -0.05) is 29.3 Å². The fraction of sp³-hybridized carbons (Fsp3) is 0.217. The number of carbonyl (C=O) groups excluding carboxylic acids is 1. The Balaban J connectivity index is 1.46. The number of amides is 1. The predicted octanol–water partition coefficient (Wildman–Crippen LogP) is 4.07. The third-order valence-electron chi connectivity index (χ3n) is 5.77. The van der Waals surface area contributed by atoms with Gasteiger partial charge in [-0.15, -0.1) is 0 Å². The average molecular weight is 514 g/mol. The normalized spacial score (nSPS) is 15.8. The Morgan fingerprint density at radius 1 is 1.06 bits per heavy atom. The molecule has 0 bridgehead atoms. The van der Waals surface area contributed by atoms with Crippen LogP contribution >= 0.6 is 35.1 Å². The van der Waals surface area contributed by atoms with Crippen molar-refractivity contribution in [2.45, 2.75) is 6.92 Å². The van der Waals surface area contributed by atoms with E-state index in [2.05, 4.69) is 20.1 Å². The van der Waals surface area contributed by atoms with Gasteiger partial charge in [-0.25, -0.2) is 4.98 Å². The molecule has 4 heterocycles. The highest BCUT2D eigenvalue weighted by Gasteiger charge is 2.26. The summed E-state index contributed by atoms with van der Waals surface area (Å²) in [6.07, 6.45) is 5.07. The standard InChI is InChI=1S/C23H21Cl2N7OS/c1-14-10-15(24)2-3-16(14)21-22(17-4-5-26-11-18(17)25)28-20(12-27-21)31-6-8-32(9-7-31)23(33)19-13-34-30-29-19/h2-5,10-13,29-30H,6-9H2,1H3. The van der Waals surface area contributed by atoms with Gasteiger partial charge in [0.2, 0.25) is 0 Å². The Morgan fingerprint density at radius 2 is 1.88 bits per heavy atom. The van der Waals surface area contributed by atoms with Crippen LogP contribution in [-0.2, 0) is 4.79 Å². The van der Waals surface area contributed by atoms with Crippen molar-refractivity contribution < 1.29 is 4.79 Å². The molecule has 8 nitrogen and oxygen atoms in total. The Hall–Kier alpha value is -2.85. The summed E-state index contributed by atoms with van der Waals surface area (Å²) in [5.41, 5.74) is 7.54. The lowest BCUT2D eigenvalue weighted by molar-refractivity contribution is -0.127. The monoisotopic (exact) mass is 513 g/mol. The number of hydrogen-bond donors (Lipinski definition) is 2. The molecule has 2 aromatic heterocycles. The quantitative estimate of drug-likeness (QED) is 0.505. The Bertz CT molecular complexity index is 1280. The third-order valence-corrected chi connectivity index (χ3v) is 6.88. The van der Waals surface area contributed by atoms with Gasteiger partial charge < -0.3 is 15.2 Å². The van der Waals surface area contributed by atoms with Crippen LogP contribution < -0.4 is 15.2 Å². The van der Waals surface area contributed by atoms with Crippen molar-refractivity contribution in [3.63, 3.8) is 0 Å². The molecule has 1 aromatic carbocycles. The van der Waals surface area contributed by atoms with Gasteiger partial charge in [-0.05, 0) is 42.6 Å². The summed E-state index contributed by atoms with van der Waals surface area (Å²) in [5.74, 6) is 0.724. The lowest BCUT2D eigenvalue weighted by Gasteiger charge is -2.35. The number of nitrogens with one attached hydrogen (secondary N) is 2. The maximum Gasteiger partial charge on any atom is 0.272 e. The Kier molecular flexibility index (Phi) is 6.60. The maximum absolute atomic E-state index is 12.6. The molecular formula is C23H21Cl2N7OS. The van der Waals surface area contributed by atoms with Gasteiger partial charge >= 0.3 is 0 Å². The molecule has 0 spiro atoms. The molecule has 1 saturated heterocycles. The van der Waals surface area contributed by atoms with Crippen LogP contribution in [-0.4, -0.2) is 51.9 Å². The number of hydrogen-bond acceptors (Lipinski definition) is 8. The smallest absolute Gasteiger partial charge is 0.272 e. The molecule has 11 heteroatoms. The Morgan fingerprint density at radius 3 is 2.59 bits per heavy atom. The van der Waals surface area contributed by atoms with Crippen LogP contribution in [0.15, 0.2) is 54.0 Å². The van der Waals surface area contributed by atoms with Crippen molar-refractivity contribution in [2.75, 3.05) is 31.1 Å². The summed E-state index contributed by atoms with van der Waals surface area (Å²) in [4.78, 5) is 33.4. The molecule has 0 radical (unpaired) electrons. The molecule has 1 fully saturated rings. The lowest BCUT2D eigenvalue weighted by atomic mass is 10.0. The number of rotatable bonds is 4. The van der Waals surface area contributed by atoms with E-state index in [0.29, 0.717) is 47.6 Å². The van der Waals surface area contributed by atoms with E-state index in [1.165, 1.54) is 11.9 Å². The van der Waals surface area contributed by atoms with Crippen LogP contribution in [0.2, 0.25) is 10.0 Å². The first kappa shape index (κ1) is 22.9. The zero-order chi connectivity index (χ0) is 23.7. The first-order valence-electron chi connectivity index (χ1n) is 10.7. The van der Waals surface area contributed by atoms with E-state index in [-0.39, 0.29) is 5.91 Å². The molecule has 0 atom stereocenters. The van der Waals surface area contributed by atoms with E-state index >= 15 is 0 Å². The number of aryl methyl sites for hydroxylation is 1. The summed E-state index contributed by atoms with van der Waals surface area (Å²) >= 11 is 14.0. The van der Waals surface area contributed by atoms with Gasteiger partial charge in [0.1, 0.15) is 17.2 Å².